The lowest BCUT2D eigenvalue weighted by molar-refractivity contribution is 0.521. The lowest BCUT2D eigenvalue weighted by atomic mass is 10.0. The first kappa shape index (κ1) is 9.44. The van der Waals surface area contributed by atoms with Gasteiger partial charge in [-0.15, -0.1) is 0 Å². The summed E-state index contributed by atoms with van der Waals surface area (Å²) in [6.45, 7) is 4.54. The quantitative estimate of drug-likeness (QED) is 0.680. The number of rotatable bonds is 1. The summed E-state index contributed by atoms with van der Waals surface area (Å²) in [4.78, 5) is 10.9. The first-order valence-electron chi connectivity index (χ1n) is 5.38. The molecule has 1 unspecified atom stereocenters. The van der Waals surface area contributed by atoms with Crippen LogP contribution in [0.1, 0.15) is 26.2 Å². The predicted molar refractivity (Wildman–Crippen MR) is 57.3 cm³/mol. The third-order valence-corrected chi connectivity index (χ3v) is 2.85. The first-order chi connectivity index (χ1) is 6.86. The second-order valence-corrected chi connectivity index (χ2v) is 4.07. The molecule has 0 radical (unpaired) electrons. The van der Waals surface area contributed by atoms with E-state index in [1.165, 1.54) is 19.3 Å². The maximum atomic E-state index is 4.28. The zero-order valence-electron chi connectivity index (χ0n) is 8.69. The fraction of sp³-hybridized carbons (Fsp3) is 0.636. The SMILES string of the molecule is CC1CCCN(c2ncccn2)CC1. The van der Waals surface area contributed by atoms with E-state index in [9.17, 15) is 0 Å². The normalized spacial score (nSPS) is 23.2. The van der Waals surface area contributed by atoms with Crippen molar-refractivity contribution in [1.82, 2.24) is 9.97 Å². The molecule has 0 amide bonds. The number of hydrogen-bond acceptors (Lipinski definition) is 3. The minimum Gasteiger partial charge on any atom is -0.341 e. The highest BCUT2D eigenvalue weighted by Crippen LogP contribution is 2.18. The summed E-state index contributed by atoms with van der Waals surface area (Å²) in [7, 11) is 0. The van der Waals surface area contributed by atoms with Gasteiger partial charge in [0.2, 0.25) is 5.95 Å². The van der Waals surface area contributed by atoms with Crippen molar-refractivity contribution in [2.45, 2.75) is 26.2 Å². The molecule has 3 heteroatoms. The Morgan fingerprint density at radius 2 is 2.00 bits per heavy atom. The van der Waals surface area contributed by atoms with Crippen LogP contribution in [0.25, 0.3) is 0 Å². The van der Waals surface area contributed by atoms with Crippen LogP contribution in [-0.4, -0.2) is 23.1 Å². The Morgan fingerprint density at radius 1 is 1.21 bits per heavy atom. The van der Waals surface area contributed by atoms with E-state index in [2.05, 4.69) is 21.8 Å². The van der Waals surface area contributed by atoms with E-state index < -0.39 is 0 Å². The minimum absolute atomic E-state index is 0.851. The Morgan fingerprint density at radius 3 is 2.79 bits per heavy atom. The van der Waals surface area contributed by atoms with E-state index in [4.69, 9.17) is 0 Å². The van der Waals surface area contributed by atoms with Crippen LogP contribution >= 0.6 is 0 Å². The summed E-state index contributed by atoms with van der Waals surface area (Å²) < 4.78 is 0. The minimum atomic E-state index is 0.851. The Hall–Kier alpha value is -1.12. The molecule has 0 N–H and O–H groups in total. The van der Waals surface area contributed by atoms with Crippen LogP contribution < -0.4 is 4.90 Å². The van der Waals surface area contributed by atoms with E-state index in [0.717, 1.165) is 25.0 Å². The lowest BCUT2D eigenvalue weighted by Crippen LogP contribution is -2.25. The van der Waals surface area contributed by atoms with Gasteiger partial charge in [-0.25, -0.2) is 9.97 Å². The van der Waals surface area contributed by atoms with Gasteiger partial charge in [0.1, 0.15) is 0 Å². The number of hydrogen-bond donors (Lipinski definition) is 0. The van der Waals surface area contributed by atoms with Crippen molar-refractivity contribution in [3.63, 3.8) is 0 Å². The monoisotopic (exact) mass is 191 g/mol. The van der Waals surface area contributed by atoms with Gasteiger partial charge in [-0.1, -0.05) is 6.92 Å². The Balaban J connectivity index is 2.04. The van der Waals surface area contributed by atoms with Crippen molar-refractivity contribution in [2.24, 2.45) is 5.92 Å². The molecule has 0 bridgehead atoms. The summed E-state index contributed by atoms with van der Waals surface area (Å²) in [5.74, 6) is 1.74. The molecule has 1 aliphatic heterocycles. The van der Waals surface area contributed by atoms with Gasteiger partial charge in [0.05, 0.1) is 0 Å². The van der Waals surface area contributed by atoms with Gasteiger partial charge in [0.25, 0.3) is 0 Å². The smallest absolute Gasteiger partial charge is 0.225 e. The highest BCUT2D eigenvalue weighted by molar-refractivity contribution is 5.28. The topological polar surface area (TPSA) is 29.0 Å². The van der Waals surface area contributed by atoms with E-state index in [-0.39, 0.29) is 0 Å². The molecule has 1 saturated heterocycles. The molecule has 1 aromatic heterocycles. The summed E-state index contributed by atoms with van der Waals surface area (Å²) in [5.41, 5.74) is 0. The number of nitrogens with zero attached hydrogens (tertiary/aromatic N) is 3. The molecule has 0 saturated carbocycles. The third kappa shape index (κ3) is 2.22. The van der Waals surface area contributed by atoms with Crippen molar-refractivity contribution in [3.05, 3.63) is 18.5 Å². The Bertz CT molecular complexity index is 273. The van der Waals surface area contributed by atoms with Crippen molar-refractivity contribution in [3.8, 4) is 0 Å². The van der Waals surface area contributed by atoms with Crippen molar-refractivity contribution in [1.29, 1.82) is 0 Å². The molecule has 1 atom stereocenters. The highest BCUT2D eigenvalue weighted by atomic mass is 15.2. The maximum absolute atomic E-state index is 4.28. The molecular weight excluding hydrogens is 174 g/mol. The average molecular weight is 191 g/mol. The Kier molecular flexibility index (Phi) is 2.96. The number of aromatic nitrogens is 2. The van der Waals surface area contributed by atoms with E-state index in [1.807, 2.05) is 18.5 Å². The van der Waals surface area contributed by atoms with Gasteiger partial charge in [0, 0.05) is 25.5 Å². The van der Waals surface area contributed by atoms with Gasteiger partial charge in [-0.05, 0) is 31.2 Å². The highest BCUT2D eigenvalue weighted by Gasteiger charge is 2.15. The van der Waals surface area contributed by atoms with E-state index in [0.29, 0.717) is 0 Å². The van der Waals surface area contributed by atoms with Gasteiger partial charge in [0.15, 0.2) is 0 Å². The van der Waals surface area contributed by atoms with Gasteiger partial charge in [-0.2, -0.15) is 0 Å². The second-order valence-electron chi connectivity index (χ2n) is 4.07. The van der Waals surface area contributed by atoms with Crippen LogP contribution in [0.4, 0.5) is 5.95 Å². The predicted octanol–water partition coefficient (Wildman–Crippen LogP) is 2.10. The molecule has 76 valence electrons. The van der Waals surface area contributed by atoms with Crippen LogP contribution in [0.3, 0.4) is 0 Å². The van der Waals surface area contributed by atoms with Crippen LogP contribution in [0.2, 0.25) is 0 Å². The molecular formula is C11H17N3. The molecule has 3 nitrogen and oxygen atoms in total. The first-order valence-corrected chi connectivity index (χ1v) is 5.38. The summed E-state index contributed by atoms with van der Waals surface area (Å²) >= 11 is 0. The van der Waals surface area contributed by atoms with Gasteiger partial charge >= 0.3 is 0 Å². The second kappa shape index (κ2) is 4.40. The van der Waals surface area contributed by atoms with Crippen molar-refractivity contribution in [2.75, 3.05) is 18.0 Å². The molecule has 14 heavy (non-hydrogen) atoms. The standard InChI is InChI=1S/C11H17N3/c1-10-4-2-8-14(9-5-10)11-12-6-3-7-13-11/h3,6-7,10H,2,4-5,8-9H2,1H3. The lowest BCUT2D eigenvalue weighted by Gasteiger charge is -2.19. The molecule has 0 aromatic carbocycles. The Labute approximate surface area is 85.2 Å². The summed E-state index contributed by atoms with van der Waals surface area (Å²) in [5, 5.41) is 0. The molecule has 2 rings (SSSR count). The van der Waals surface area contributed by atoms with Crippen molar-refractivity contribution < 1.29 is 0 Å². The molecule has 2 heterocycles. The largest absolute Gasteiger partial charge is 0.341 e. The summed E-state index contributed by atoms with van der Waals surface area (Å²) in [6, 6.07) is 1.87. The number of anilines is 1. The molecule has 0 aliphatic carbocycles. The average Bonchev–Trinajstić information content (AvgIpc) is 2.44. The molecule has 1 fully saturated rings. The fourth-order valence-corrected chi connectivity index (χ4v) is 1.92. The third-order valence-electron chi connectivity index (χ3n) is 2.85. The summed E-state index contributed by atoms with van der Waals surface area (Å²) in [6.07, 6.45) is 7.49. The molecule has 1 aliphatic rings. The zero-order valence-corrected chi connectivity index (χ0v) is 8.69. The van der Waals surface area contributed by atoms with Crippen LogP contribution in [0, 0.1) is 5.92 Å². The van der Waals surface area contributed by atoms with Crippen molar-refractivity contribution >= 4 is 5.95 Å². The van der Waals surface area contributed by atoms with Crippen LogP contribution in [0.5, 0.6) is 0 Å². The fourth-order valence-electron chi connectivity index (χ4n) is 1.92. The van der Waals surface area contributed by atoms with Crippen LogP contribution in [-0.2, 0) is 0 Å². The maximum Gasteiger partial charge on any atom is 0.225 e. The van der Waals surface area contributed by atoms with Crippen LogP contribution in [0.15, 0.2) is 18.5 Å². The molecule has 1 aromatic rings. The van der Waals surface area contributed by atoms with Gasteiger partial charge < -0.3 is 4.90 Å². The van der Waals surface area contributed by atoms with Gasteiger partial charge in [-0.3, -0.25) is 0 Å². The zero-order chi connectivity index (χ0) is 9.80. The van der Waals surface area contributed by atoms with E-state index >= 15 is 0 Å². The van der Waals surface area contributed by atoms with E-state index in [1.54, 1.807) is 0 Å². The molecule has 0 spiro atoms.